The van der Waals surface area contributed by atoms with Crippen molar-refractivity contribution in [2.75, 3.05) is 0 Å². The summed E-state index contributed by atoms with van der Waals surface area (Å²) in [5.74, 6) is 0. The number of aromatic nitrogens is 2. The molecule has 0 aliphatic rings. The van der Waals surface area contributed by atoms with Crippen LogP contribution >= 0.6 is 0 Å². The molecule has 4 aromatic rings. The average Bonchev–Trinajstić information content (AvgIpc) is 2.80. The van der Waals surface area contributed by atoms with Gasteiger partial charge in [-0.15, -0.1) is 0 Å². The van der Waals surface area contributed by atoms with Crippen LogP contribution < -0.4 is 5.56 Å². The van der Waals surface area contributed by atoms with Gasteiger partial charge in [-0.2, -0.15) is 0 Å². The highest BCUT2D eigenvalue weighted by molar-refractivity contribution is 5.99. The molecule has 0 aliphatic heterocycles. The van der Waals surface area contributed by atoms with Gasteiger partial charge >= 0.3 is 0 Å². The Hall–Kier alpha value is -2.55. The van der Waals surface area contributed by atoms with Crippen molar-refractivity contribution in [2.24, 2.45) is 0 Å². The lowest BCUT2D eigenvalue weighted by molar-refractivity contribution is 1.19. The fraction of sp³-hybridized carbons (Fsp3) is 0.0625. The van der Waals surface area contributed by atoms with Gasteiger partial charge in [-0.25, -0.2) is 0 Å². The van der Waals surface area contributed by atoms with Crippen LogP contribution in [0.4, 0.5) is 0 Å². The lowest BCUT2D eigenvalue weighted by Gasteiger charge is -2.03. The van der Waals surface area contributed by atoms with E-state index >= 15 is 0 Å². The van der Waals surface area contributed by atoms with Crippen molar-refractivity contribution in [3.63, 3.8) is 0 Å². The summed E-state index contributed by atoms with van der Waals surface area (Å²) in [6.07, 6.45) is 2.03. The maximum absolute atomic E-state index is 12.3. The van der Waals surface area contributed by atoms with Crippen molar-refractivity contribution in [3.8, 4) is 0 Å². The molecule has 0 fully saturated rings. The Morgan fingerprint density at radius 3 is 2.84 bits per heavy atom. The van der Waals surface area contributed by atoms with E-state index in [2.05, 4.69) is 18.0 Å². The smallest absolute Gasteiger partial charge is 0.273 e. The van der Waals surface area contributed by atoms with E-state index in [4.69, 9.17) is 0 Å². The largest absolute Gasteiger partial charge is 0.319 e. The SMILES string of the molecule is Cc1ccc2[nH]c(=O)c3c4ccccc4cn3c2c1. The number of hydrogen-bond donors (Lipinski definition) is 1. The van der Waals surface area contributed by atoms with Crippen LogP contribution in [0.15, 0.2) is 53.5 Å². The van der Waals surface area contributed by atoms with Crippen LogP contribution in [0, 0.1) is 6.92 Å². The highest BCUT2D eigenvalue weighted by atomic mass is 16.1. The first-order valence-electron chi connectivity index (χ1n) is 6.26. The first-order chi connectivity index (χ1) is 9.24. The third-order valence-electron chi connectivity index (χ3n) is 3.60. The molecule has 0 atom stereocenters. The molecule has 0 aliphatic carbocycles. The van der Waals surface area contributed by atoms with Crippen LogP contribution in [0.2, 0.25) is 0 Å². The second-order valence-corrected chi connectivity index (χ2v) is 4.91. The zero-order valence-corrected chi connectivity index (χ0v) is 10.5. The van der Waals surface area contributed by atoms with Gasteiger partial charge in [0.15, 0.2) is 0 Å². The van der Waals surface area contributed by atoms with Crippen LogP contribution in [0.3, 0.4) is 0 Å². The number of nitrogens with one attached hydrogen (secondary N) is 1. The molecule has 19 heavy (non-hydrogen) atoms. The van der Waals surface area contributed by atoms with Crippen molar-refractivity contribution < 1.29 is 0 Å². The Labute approximate surface area is 109 Å². The van der Waals surface area contributed by atoms with Crippen molar-refractivity contribution in [3.05, 3.63) is 64.6 Å². The molecule has 3 nitrogen and oxygen atoms in total. The second kappa shape index (κ2) is 3.48. The third kappa shape index (κ3) is 1.35. The summed E-state index contributed by atoms with van der Waals surface area (Å²) in [7, 11) is 0. The van der Waals surface area contributed by atoms with E-state index in [1.54, 1.807) is 0 Å². The van der Waals surface area contributed by atoms with Crippen molar-refractivity contribution in [1.82, 2.24) is 9.38 Å². The summed E-state index contributed by atoms with van der Waals surface area (Å²) in [4.78, 5) is 15.2. The van der Waals surface area contributed by atoms with Crippen LogP contribution in [0.25, 0.3) is 27.3 Å². The minimum atomic E-state index is -0.0439. The predicted octanol–water partition coefficient (Wildman–Crippen LogP) is 3.24. The van der Waals surface area contributed by atoms with Crippen LogP contribution in [0.1, 0.15) is 5.56 Å². The Kier molecular flexibility index (Phi) is 1.90. The van der Waals surface area contributed by atoms with Crippen LogP contribution in [-0.2, 0) is 0 Å². The molecule has 0 amide bonds. The lowest BCUT2D eigenvalue weighted by Crippen LogP contribution is -2.09. The molecule has 2 heterocycles. The molecule has 4 rings (SSSR count). The first kappa shape index (κ1) is 10.4. The highest BCUT2D eigenvalue weighted by Gasteiger charge is 2.09. The summed E-state index contributed by atoms with van der Waals surface area (Å²) in [6, 6.07) is 14.0. The Balaban J connectivity index is 2.39. The molecule has 92 valence electrons. The minimum absolute atomic E-state index is 0.0439. The van der Waals surface area contributed by atoms with E-state index in [1.807, 2.05) is 47.0 Å². The summed E-state index contributed by atoms with van der Waals surface area (Å²) < 4.78 is 1.99. The molecule has 2 aromatic carbocycles. The molecule has 0 bridgehead atoms. The van der Waals surface area contributed by atoms with Crippen molar-refractivity contribution in [2.45, 2.75) is 6.92 Å². The molecule has 0 spiro atoms. The molecule has 0 saturated carbocycles. The highest BCUT2D eigenvalue weighted by Crippen LogP contribution is 2.23. The van der Waals surface area contributed by atoms with E-state index < -0.39 is 0 Å². The Bertz CT molecular complexity index is 992. The zero-order chi connectivity index (χ0) is 13.0. The van der Waals surface area contributed by atoms with Gasteiger partial charge in [-0.1, -0.05) is 30.3 Å². The lowest BCUT2D eigenvalue weighted by atomic mass is 10.2. The van der Waals surface area contributed by atoms with E-state index in [0.29, 0.717) is 5.52 Å². The standard InChI is InChI=1S/C16H12N2O/c1-10-6-7-13-14(8-10)18-9-11-4-2-3-5-12(11)15(18)16(19)17-13/h2-9H,1H3,(H,17,19). The summed E-state index contributed by atoms with van der Waals surface area (Å²) in [6.45, 7) is 2.06. The fourth-order valence-corrected chi connectivity index (χ4v) is 2.71. The van der Waals surface area contributed by atoms with E-state index in [1.165, 1.54) is 5.56 Å². The van der Waals surface area contributed by atoms with Gasteiger partial charge in [-0.05, 0) is 24.6 Å². The van der Waals surface area contributed by atoms with Crippen LogP contribution in [-0.4, -0.2) is 9.38 Å². The summed E-state index contributed by atoms with van der Waals surface area (Å²) >= 11 is 0. The number of hydrogen-bond acceptors (Lipinski definition) is 1. The number of fused-ring (bicyclic) bond motifs is 5. The average molecular weight is 248 g/mol. The normalized spacial score (nSPS) is 11.6. The third-order valence-corrected chi connectivity index (χ3v) is 3.60. The molecule has 1 N–H and O–H groups in total. The van der Waals surface area contributed by atoms with Crippen molar-refractivity contribution in [1.29, 1.82) is 0 Å². The molecule has 2 aromatic heterocycles. The fourth-order valence-electron chi connectivity index (χ4n) is 2.71. The van der Waals surface area contributed by atoms with E-state index in [9.17, 15) is 4.79 Å². The molecule has 0 radical (unpaired) electrons. The summed E-state index contributed by atoms with van der Waals surface area (Å²) in [5.41, 5.74) is 3.75. The summed E-state index contributed by atoms with van der Waals surface area (Å²) in [5, 5.41) is 2.08. The van der Waals surface area contributed by atoms with Gasteiger partial charge in [0, 0.05) is 17.0 Å². The molecule has 3 heteroatoms. The van der Waals surface area contributed by atoms with Gasteiger partial charge in [0.25, 0.3) is 5.56 Å². The monoisotopic (exact) mass is 248 g/mol. The molecular weight excluding hydrogens is 236 g/mol. The number of nitrogens with zero attached hydrogens (tertiary/aromatic N) is 1. The molecule has 0 saturated heterocycles. The Morgan fingerprint density at radius 1 is 1.11 bits per heavy atom. The van der Waals surface area contributed by atoms with Gasteiger partial charge in [0.05, 0.1) is 11.0 Å². The predicted molar refractivity (Wildman–Crippen MR) is 77.8 cm³/mol. The Morgan fingerprint density at radius 2 is 1.95 bits per heavy atom. The number of aromatic amines is 1. The van der Waals surface area contributed by atoms with Gasteiger partial charge in [0.1, 0.15) is 5.52 Å². The maximum Gasteiger partial charge on any atom is 0.273 e. The molecular formula is C16H12N2O. The maximum atomic E-state index is 12.3. The molecule has 0 unspecified atom stereocenters. The quantitative estimate of drug-likeness (QED) is 0.509. The number of benzene rings is 2. The van der Waals surface area contributed by atoms with Gasteiger partial charge < -0.3 is 9.38 Å². The second-order valence-electron chi connectivity index (χ2n) is 4.91. The van der Waals surface area contributed by atoms with Crippen LogP contribution in [0.5, 0.6) is 0 Å². The van der Waals surface area contributed by atoms with E-state index in [-0.39, 0.29) is 5.56 Å². The zero-order valence-electron chi connectivity index (χ0n) is 10.5. The van der Waals surface area contributed by atoms with E-state index in [0.717, 1.165) is 21.8 Å². The van der Waals surface area contributed by atoms with Gasteiger partial charge in [0.2, 0.25) is 0 Å². The van der Waals surface area contributed by atoms with Gasteiger partial charge in [-0.3, -0.25) is 4.79 Å². The minimum Gasteiger partial charge on any atom is -0.319 e. The topological polar surface area (TPSA) is 37.3 Å². The van der Waals surface area contributed by atoms with Crippen molar-refractivity contribution >= 4 is 27.3 Å². The number of aryl methyl sites for hydroxylation is 1. The first-order valence-corrected chi connectivity index (χ1v) is 6.26. The number of rotatable bonds is 0. The number of H-pyrrole nitrogens is 1.